The fourth-order valence-electron chi connectivity index (χ4n) is 1.74. The average Bonchev–Trinajstić information content (AvgIpc) is 2.76. The molecule has 142 valence electrons. The molecule has 0 aromatic rings. The number of carbonyl (C=O) groups is 1. The van der Waals surface area contributed by atoms with Gasteiger partial charge in [-0.1, -0.05) is 68.3 Å². The smallest absolute Gasteiger partial charge is 0.220 e. The molecule has 0 radical (unpaired) electrons. The number of unbranched alkanes of at least 4 members (excludes halogenated alkanes) is 3. The number of carbonyl (C=O) groups excluding carboxylic acids is 1. The summed E-state index contributed by atoms with van der Waals surface area (Å²) in [7, 11) is 0. The molecule has 0 atom stereocenters. The van der Waals surface area contributed by atoms with Crippen molar-refractivity contribution in [2.45, 2.75) is 71.0 Å². The molecule has 0 aliphatic heterocycles. The number of aliphatic hydroxyl groups is 1. The first-order valence-corrected chi connectivity index (χ1v) is 8.88. The summed E-state index contributed by atoms with van der Waals surface area (Å²) in [5.41, 5.74) is 0. The molecular weight excluding hydrogens is 310 g/mol. The Morgan fingerprint density at radius 1 is 1.04 bits per heavy atom. The Hall–Kier alpha value is -1.61. The Morgan fingerprint density at radius 3 is 2.40 bits per heavy atom. The van der Waals surface area contributed by atoms with Gasteiger partial charge in [0.05, 0.1) is 9.35 Å². The van der Waals surface area contributed by atoms with Gasteiger partial charge < -0.3 is 10.4 Å². The zero-order valence-corrected chi connectivity index (χ0v) is 15.2. The van der Waals surface area contributed by atoms with Crippen molar-refractivity contribution < 1.29 is 20.9 Å². The molecule has 0 spiro atoms. The first kappa shape index (κ1) is 12.7. The minimum Gasteiger partial charge on any atom is -0.395 e. The van der Waals surface area contributed by atoms with Gasteiger partial charge in [-0.25, -0.2) is 0 Å². The van der Waals surface area contributed by atoms with Crippen molar-refractivity contribution in [1.29, 1.82) is 0 Å². The third kappa shape index (κ3) is 20.3. The maximum absolute atomic E-state index is 12.0. The number of hydrogen-bond acceptors (Lipinski definition) is 2. The number of aliphatic hydroxyl groups excluding tert-OH is 1. The van der Waals surface area contributed by atoms with E-state index in [1.165, 1.54) is 19.3 Å². The highest BCUT2D eigenvalue weighted by Gasteiger charge is 1.97. The van der Waals surface area contributed by atoms with Gasteiger partial charge in [0.15, 0.2) is 0 Å². The largest absolute Gasteiger partial charge is 0.395 e. The lowest BCUT2D eigenvalue weighted by Gasteiger charge is -2.00. The van der Waals surface area contributed by atoms with Crippen molar-refractivity contribution in [3.8, 4) is 0 Å². The highest BCUT2D eigenvalue weighted by atomic mass is 16.3. The maximum atomic E-state index is 12.0. The van der Waals surface area contributed by atoms with Crippen LogP contribution in [0, 0.1) is 0 Å². The van der Waals surface area contributed by atoms with Crippen molar-refractivity contribution >= 4 is 5.91 Å². The van der Waals surface area contributed by atoms with E-state index >= 15 is 0 Å². The van der Waals surface area contributed by atoms with Crippen molar-refractivity contribution in [1.82, 2.24) is 5.32 Å². The topological polar surface area (TPSA) is 49.3 Å². The molecule has 0 saturated heterocycles. The van der Waals surface area contributed by atoms with Gasteiger partial charge in [0, 0.05) is 21.1 Å². The molecule has 0 aromatic heterocycles. The quantitative estimate of drug-likeness (QED) is 0.294. The molecule has 3 heteroatoms. The summed E-state index contributed by atoms with van der Waals surface area (Å²) >= 11 is 0. The summed E-state index contributed by atoms with van der Waals surface area (Å²) in [6.07, 6.45) is 7.52. The first-order chi connectivity index (χ1) is 15.4. The first-order valence-electron chi connectivity index (χ1n) is 12.9. The highest BCUT2D eigenvalue weighted by Crippen LogP contribution is 2.01. The van der Waals surface area contributed by atoms with Gasteiger partial charge in [-0.05, 0) is 44.8 Å². The van der Waals surface area contributed by atoms with Crippen LogP contribution in [-0.2, 0) is 4.79 Å². The van der Waals surface area contributed by atoms with Gasteiger partial charge in [0.2, 0.25) is 5.91 Å². The van der Waals surface area contributed by atoms with E-state index < -0.39 is 43.7 Å². The van der Waals surface area contributed by atoms with Crippen molar-refractivity contribution in [3.63, 3.8) is 0 Å². The average molecular weight is 356 g/mol. The fraction of sp³-hybridized carbons (Fsp3) is 0.591. The summed E-state index contributed by atoms with van der Waals surface area (Å²) in [6.45, 7) is 1.36. The molecule has 0 saturated carbocycles. The number of hydrogen-bond donors (Lipinski definition) is 2. The molecule has 0 bridgehead atoms. The van der Waals surface area contributed by atoms with Crippen LogP contribution in [0.4, 0.5) is 0 Å². The van der Waals surface area contributed by atoms with E-state index in [1.54, 1.807) is 12.2 Å². The number of rotatable bonds is 16. The van der Waals surface area contributed by atoms with Crippen LogP contribution in [-0.4, -0.2) is 24.2 Å². The second kappa shape index (κ2) is 20.4. The van der Waals surface area contributed by atoms with Gasteiger partial charge in [0.25, 0.3) is 0 Å². The summed E-state index contributed by atoms with van der Waals surface area (Å²) in [5.74, 6) is -1.44. The Balaban J connectivity index is 4.95. The molecule has 0 fully saturated rings. The molecule has 1 amide bonds. The van der Waals surface area contributed by atoms with E-state index in [0.717, 1.165) is 12.8 Å². The number of amides is 1. The summed E-state index contributed by atoms with van der Waals surface area (Å²) < 4.78 is 63.2. The van der Waals surface area contributed by atoms with Crippen molar-refractivity contribution in [2.75, 3.05) is 13.2 Å². The predicted molar refractivity (Wildman–Crippen MR) is 108 cm³/mol. The van der Waals surface area contributed by atoms with E-state index in [4.69, 9.17) is 16.1 Å². The molecule has 0 aliphatic rings. The predicted octanol–water partition coefficient (Wildman–Crippen LogP) is 5.24. The zero-order valence-electron chi connectivity index (χ0n) is 23.2. The molecule has 25 heavy (non-hydrogen) atoms. The van der Waals surface area contributed by atoms with Crippen LogP contribution in [0.3, 0.4) is 0 Å². The summed E-state index contributed by atoms with van der Waals surface area (Å²) in [4.78, 5) is 12.0. The van der Waals surface area contributed by atoms with E-state index in [9.17, 15) is 4.79 Å². The summed E-state index contributed by atoms with van der Waals surface area (Å²) in [6, 6.07) is -1.54. The lowest BCUT2D eigenvalue weighted by atomic mass is 10.2. The van der Waals surface area contributed by atoms with E-state index in [0.29, 0.717) is 6.42 Å². The maximum Gasteiger partial charge on any atom is 0.220 e. The van der Waals surface area contributed by atoms with Crippen molar-refractivity contribution in [2.24, 2.45) is 0 Å². The lowest BCUT2D eigenvalue weighted by Crippen LogP contribution is -2.25. The molecule has 2 N–H and O–H groups in total. The normalized spacial score (nSPS) is 19.4. The molecule has 0 aliphatic carbocycles. The van der Waals surface area contributed by atoms with Gasteiger partial charge in [-0.2, -0.15) is 0 Å². The van der Waals surface area contributed by atoms with Crippen molar-refractivity contribution in [3.05, 3.63) is 48.6 Å². The Bertz CT molecular complexity index is 715. The zero-order chi connectivity index (χ0) is 25.5. The molecular formula is C22H37NO2. The molecule has 0 rings (SSSR count). The van der Waals surface area contributed by atoms with Crippen LogP contribution in [0.1, 0.15) is 82.0 Å². The third-order valence-electron chi connectivity index (χ3n) is 3.03. The third-order valence-corrected chi connectivity index (χ3v) is 3.03. The van der Waals surface area contributed by atoms with Crippen LogP contribution < -0.4 is 5.32 Å². The van der Waals surface area contributed by atoms with E-state index in [2.05, 4.69) is 19.1 Å². The summed E-state index contributed by atoms with van der Waals surface area (Å²) in [5, 5.41) is 10.7. The van der Waals surface area contributed by atoms with E-state index in [-0.39, 0.29) is 13.0 Å². The molecule has 0 aromatic carbocycles. The SMILES string of the molecule is [2H]/C(C/C=C\C/C=C\C/C=C\CCCCC)=C(\[2H])C([2H])([2H])C([2H])([2H])C([2H])([2H])C(=O)NCCO. The second-order valence-corrected chi connectivity index (χ2v) is 5.24. The van der Waals surface area contributed by atoms with Gasteiger partial charge in [0.1, 0.15) is 0 Å². The fourth-order valence-corrected chi connectivity index (χ4v) is 1.74. The van der Waals surface area contributed by atoms with Crippen LogP contribution >= 0.6 is 0 Å². The Labute approximate surface area is 165 Å². The Kier molecular flexibility index (Phi) is 10.4. The molecule has 0 heterocycles. The molecule has 0 unspecified atom stereocenters. The van der Waals surface area contributed by atoms with Crippen LogP contribution in [0.25, 0.3) is 0 Å². The standard InChI is InChI=1S/C22H37NO2/c1-2-3-4-5-6-7-8-9-10-11-12-13-14-15-16-17-18-19-22(25)23-20-21-24/h6-7,9-10,12-13,15-16,24H,2-5,8,11,14,17-21H2,1H3,(H,23,25)/b7-6-,10-9-,13-12-,16-15-/i15D,16D,17D2,18D2,19D2. The van der Waals surface area contributed by atoms with E-state index in [1.807, 2.05) is 17.5 Å². The highest BCUT2D eigenvalue weighted by molar-refractivity contribution is 5.75. The van der Waals surface area contributed by atoms with Crippen LogP contribution in [0.5, 0.6) is 0 Å². The molecule has 3 nitrogen and oxygen atoms in total. The minimum absolute atomic E-state index is 0.126. The van der Waals surface area contributed by atoms with Gasteiger partial charge >= 0.3 is 0 Å². The van der Waals surface area contributed by atoms with Gasteiger partial charge in [-0.3, -0.25) is 4.79 Å². The van der Waals surface area contributed by atoms with Crippen LogP contribution in [0.2, 0.25) is 0 Å². The second-order valence-electron chi connectivity index (χ2n) is 5.24. The number of allylic oxidation sites excluding steroid dienone is 8. The lowest BCUT2D eigenvalue weighted by molar-refractivity contribution is -0.121. The van der Waals surface area contributed by atoms with Gasteiger partial charge in [-0.15, -0.1) is 0 Å². The number of nitrogens with one attached hydrogen (secondary N) is 1. The van der Waals surface area contributed by atoms with Crippen LogP contribution in [0.15, 0.2) is 48.6 Å². The Morgan fingerprint density at radius 2 is 1.72 bits per heavy atom. The minimum atomic E-state index is -3.43. The monoisotopic (exact) mass is 355 g/mol.